The van der Waals surface area contributed by atoms with Crippen LogP contribution in [0.1, 0.15) is 11.3 Å². The van der Waals surface area contributed by atoms with Crippen LogP contribution in [0.25, 0.3) is 10.9 Å². The van der Waals surface area contributed by atoms with E-state index in [1.165, 1.54) is 0 Å². The van der Waals surface area contributed by atoms with Crippen LogP contribution in [0.15, 0.2) is 16.6 Å². The summed E-state index contributed by atoms with van der Waals surface area (Å²) < 4.78 is 12.0. The van der Waals surface area contributed by atoms with Gasteiger partial charge in [0.25, 0.3) is 0 Å². The molecule has 4 nitrogen and oxygen atoms in total. The van der Waals surface area contributed by atoms with Crippen molar-refractivity contribution in [2.75, 3.05) is 26.1 Å². The van der Waals surface area contributed by atoms with Gasteiger partial charge in [-0.3, -0.25) is 0 Å². The number of aromatic nitrogens is 1. The topological polar surface area (TPSA) is 43.4 Å². The quantitative estimate of drug-likeness (QED) is 0.922. The van der Waals surface area contributed by atoms with Crippen molar-refractivity contribution < 1.29 is 9.47 Å². The molecule has 0 spiro atoms. The van der Waals surface area contributed by atoms with Crippen LogP contribution in [-0.4, -0.2) is 25.7 Å². The molecule has 2 heterocycles. The van der Waals surface area contributed by atoms with E-state index in [4.69, 9.17) is 14.5 Å². The van der Waals surface area contributed by atoms with Gasteiger partial charge in [-0.15, -0.1) is 0 Å². The zero-order chi connectivity index (χ0) is 13.4. The van der Waals surface area contributed by atoms with Crippen molar-refractivity contribution >= 4 is 32.5 Å². The maximum absolute atomic E-state index is 5.56. The maximum atomic E-state index is 5.56. The Balaban J connectivity index is 2.42. The SMILES string of the molecule is CNc1c2c(nc3c(OC)ccc(Br)c13)CCOC2. The van der Waals surface area contributed by atoms with Gasteiger partial charge in [0, 0.05) is 28.9 Å². The number of anilines is 1. The Labute approximate surface area is 120 Å². The molecule has 0 aliphatic carbocycles. The molecule has 0 atom stereocenters. The van der Waals surface area contributed by atoms with Gasteiger partial charge in [-0.1, -0.05) is 15.9 Å². The normalized spacial score (nSPS) is 14.3. The smallest absolute Gasteiger partial charge is 0.145 e. The summed E-state index contributed by atoms with van der Waals surface area (Å²) in [5.41, 5.74) is 4.21. The van der Waals surface area contributed by atoms with Crippen LogP contribution in [0.3, 0.4) is 0 Å². The third-order valence-electron chi connectivity index (χ3n) is 3.44. The van der Waals surface area contributed by atoms with Gasteiger partial charge in [-0.05, 0) is 12.1 Å². The lowest BCUT2D eigenvalue weighted by Gasteiger charge is -2.22. The highest BCUT2D eigenvalue weighted by Gasteiger charge is 2.21. The summed E-state index contributed by atoms with van der Waals surface area (Å²) in [7, 11) is 3.60. The maximum Gasteiger partial charge on any atom is 0.145 e. The van der Waals surface area contributed by atoms with E-state index in [2.05, 4.69) is 21.2 Å². The standard InChI is InChI=1S/C14H15BrN2O2/c1-16-13-8-7-19-6-5-10(8)17-14-11(18-2)4-3-9(15)12(13)14/h3-4H,5-7H2,1-2H3,(H,16,17). The van der Waals surface area contributed by atoms with E-state index in [1.54, 1.807) is 7.11 Å². The summed E-state index contributed by atoms with van der Waals surface area (Å²) in [5, 5.41) is 4.33. The summed E-state index contributed by atoms with van der Waals surface area (Å²) in [6.07, 6.45) is 0.843. The molecule has 0 amide bonds. The minimum absolute atomic E-state index is 0.609. The number of fused-ring (bicyclic) bond motifs is 2. The van der Waals surface area contributed by atoms with Gasteiger partial charge in [-0.25, -0.2) is 4.98 Å². The number of nitrogens with one attached hydrogen (secondary N) is 1. The number of halogens is 1. The number of hydrogen-bond acceptors (Lipinski definition) is 4. The molecular weight excluding hydrogens is 308 g/mol. The van der Waals surface area contributed by atoms with Crippen molar-refractivity contribution in [2.45, 2.75) is 13.0 Å². The van der Waals surface area contributed by atoms with Crippen molar-refractivity contribution in [1.82, 2.24) is 4.98 Å². The lowest BCUT2D eigenvalue weighted by molar-refractivity contribution is 0.110. The van der Waals surface area contributed by atoms with E-state index in [0.717, 1.165) is 51.1 Å². The Kier molecular flexibility index (Phi) is 3.33. The molecule has 1 aliphatic rings. The van der Waals surface area contributed by atoms with Gasteiger partial charge in [0.2, 0.25) is 0 Å². The van der Waals surface area contributed by atoms with Crippen molar-refractivity contribution in [3.8, 4) is 5.75 Å². The Hall–Kier alpha value is -1.33. The van der Waals surface area contributed by atoms with Crippen molar-refractivity contribution in [2.24, 2.45) is 0 Å². The average molecular weight is 323 g/mol. The zero-order valence-electron chi connectivity index (χ0n) is 10.9. The largest absolute Gasteiger partial charge is 0.494 e. The third kappa shape index (κ3) is 1.97. The van der Waals surface area contributed by atoms with E-state index >= 15 is 0 Å². The van der Waals surface area contributed by atoms with Crippen LogP contribution in [0.4, 0.5) is 5.69 Å². The van der Waals surface area contributed by atoms with Crippen molar-refractivity contribution in [3.05, 3.63) is 27.9 Å². The first kappa shape index (κ1) is 12.7. The van der Waals surface area contributed by atoms with Crippen LogP contribution in [-0.2, 0) is 17.8 Å². The van der Waals surface area contributed by atoms with Gasteiger partial charge in [0.1, 0.15) is 11.3 Å². The Morgan fingerprint density at radius 3 is 3.00 bits per heavy atom. The zero-order valence-corrected chi connectivity index (χ0v) is 12.5. The van der Waals surface area contributed by atoms with E-state index in [9.17, 15) is 0 Å². The predicted octanol–water partition coefficient (Wildman–Crippen LogP) is 3.12. The van der Waals surface area contributed by atoms with Gasteiger partial charge in [0.15, 0.2) is 0 Å². The number of hydrogen-bond donors (Lipinski definition) is 1. The molecule has 1 aromatic carbocycles. The first-order chi connectivity index (χ1) is 9.26. The molecule has 100 valence electrons. The second-order valence-corrected chi connectivity index (χ2v) is 5.29. The fourth-order valence-electron chi connectivity index (χ4n) is 2.54. The molecule has 1 aliphatic heterocycles. The Morgan fingerprint density at radius 2 is 2.26 bits per heavy atom. The first-order valence-electron chi connectivity index (χ1n) is 6.19. The van der Waals surface area contributed by atoms with Crippen LogP contribution in [0.5, 0.6) is 5.75 Å². The molecular formula is C14H15BrN2O2. The summed E-state index contributed by atoms with van der Waals surface area (Å²) in [6.45, 7) is 1.34. The lowest BCUT2D eigenvalue weighted by atomic mass is 10.0. The number of benzene rings is 1. The average Bonchev–Trinajstić information content (AvgIpc) is 2.45. The molecule has 0 radical (unpaired) electrons. The highest BCUT2D eigenvalue weighted by molar-refractivity contribution is 9.10. The van der Waals surface area contributed by atoms with Crippen LogP contribution >= 0.6 is 15.9 Å². The van der Waals surface area contributed by atoms with Crippen LogP contribution < -0.4 is 10.1 Å². The predicted molar refractivity (Wildman–Crippen MR) is 78.9 cm³/mol. The third-order valence-corrected chi connectivity index (χ3v) is 4.10. The summed E-state index contributed by atoms with van der Waals surface area (Å²) in [6, 6.07) is 3.92. The molecule has 1 N–H and O–H groups in total. The fourth-order valence-corrected chi connectivity index (χ4v) is 3.06. The second kappa shape index (κ2) is 4.98. The lowest BCUT2D eigenvalue weighted by Crippen LogP contribution is -2.14. The van der Waals surface area contributed by atoms with Crippen LogP contribution in [0, 0.1) is 0 Å². The van der Waals surface area contributed by atoms with E-state index < -0.39 is 0 Å². The van der Waals surface area contributed by atoms with Crippen molar-refractivity contribution in [1.29, 1.82) is 0 Å². The molecule has 0 saturated carbocycles. The van der Waals surface area contributed by atoms with Gasteiger partial charge in [0.05, 0.1) is 31.7 Å². The van der Waals surface area contributed by atoms with Crippen LogP contribution in [0.2, 0.25) is 0 Å². The molecule has 2 aromatic rings. The first-order valence-corrected chi connectivity index (χ1v) is 6.99. The molecule has 19 heavy (non-hydrogen) atoms. The van der Waals surface area contributed by atoms with E-state index in [1.807, 2.05) is 19.2 Å². The molecule has 5 heteroatoms. The number of ether oxygens (including phenoxy) is 2. The monoisotopic (exact) mass is 322 g/mol. The molecule has 1 aromatic heterocycles. The number of methoxy groups -OCH3 is 1. The minimum Gasteiger partial charge on any atom is -0.494 e. The molecule has 0 saturated heterocycles. The van der Waals surface area contributed by atoms with E-state index in [-0.39, 0.29) is 0 Å². The molecule has 0 unspecified atom stereocenters. The number of pyridine rings is 1. The second-order valence-electron chi connectivity index (χ2n) is 4.44. The highest BCUT2D eigenvalue weighted by Crippen LogP contribution is 2.39. The summed E-state index contributed by atoms with van der Waals surface area (Å²) >= 11 is 3.60. The minimum atomic E-state index is 0.609. The Morgan fingerprint density at radius 1 is 1.42 bits per heavy atom. The number of nitrogens with zero attached hydrogens (tertiary/aromatic N) is 1. The van der Waals surface area contributed by atoms with Crippen molar-refractivity contribution in [3.63, 3.8) is 0 Å². The van der Waals surface area contributed by atoms with E-state index in [0.29, 0.717) is 6.61 Å². The van der Waals surface area contributed by atoms with Gasteiger partial charge < -0.3 is 14.8 Å². The fraction of sp³-hybridized carbons (Fsp3) is 0.357. The van der Waals surface area contributed by atoms with Gasteiger partial charge >= 0.3 is 0 Å². The number of rotatable bonds is 2. The highest BCUT2D eigenvalue weighted by atomic mass is 79.9. The molecule has 0 fully saturated rings. The molecule has 0 bridgehead atoms. The molecule has 3 rings (SSSR count). The van der Waals surface area contributed by atoms with Gasteiger partial charge in [-0.2, -0.15) is 0 Å². The summed E-state index contributed by atoms with van der Waals surface area (Å²) in [5.74, 6) is 0.795. The summed E-state index contributed by atoms with van der Waals surface area (Å²) in [4.78, 5) is 4.78. The Bertz CT molecular complexity index is 643.